The van der Waals surface area contributed by atoms with Crippen LogP contribution in [0.2, 0.25) is 0 Å². The summed E-state index contributed by atoms with van der Waals surface area (Å²) in [5.74, 6) is 1.20. The first-order chi connectivity index (χ1) is 9.08. The number of rotatable bonds is 7. The smallest absolute Gasteiger partial charge is 0.306 e. The Hall–Kier alpha value is -1.12. The lowest BCUT2D eigenvalue weighted by atomic mass is 9.77. The minimum atomic E-state index is -0.627. The third-order valence-corrected chi connectivity index (χ3v) is 4.84. The lowest BCUT2D eigenvalue weighted by Gasteiger charge is -2.27. The summed E-state index contributed by atoms with van der Waals surface area (Å²) in [6, 6.07) is 0. The van der Waals surface area contributed by atoms with Gasteiger partial charge in [-0.05, 0) is 56.8 Å². The Labute approximate surface area is 115 Å². The van der Waals surface area contributed by atoms with Crippen molar-refractivity contribution in [2.24, 2.45) is 23.7 Å². The van der Waals surface area contributed by atoms with Crippen LogP contribution < -0.4 is 0 Å². The summed E-state index contributed by atoms with van der Waals surface area (Å²) in [6.07, 6.45) is 10.7. The second-order valence-corrected chi connectivity index (χ2v) is 6.24. The van der Waals surface area contributed by atoms with Gasteiger partial charge in [0.2, 0.25) is 0 Å². The van der Waals surface area contributed by atoms with E-state index >= 15 is 0 Å². The maximum Gasteiger partial charge on any atom is 0.306 e. The summed E-state index contributed by atoms with van der Waals surface area (Å²) in [5.41, 5.74) is 0. The average molecular weight is 264 g/mol. The van der Waals surface area contributed by atoms with E-state index in [0.29, 0.717) is 18.3 Å². The van der Waals surface area contributed by atoms with E-state index in [4.69, 9.17) is 0 Å². The molecule has 3 heteroatoms. The number of carboxylic acids is 1. The van der Waals surface area contributed by atoms with Gasteiger partial charge >= 0.3 is 5.97 Å². The fourth-order valence-electron chi connectivity index (χ4n) is 3.95. The van der Waals surface area contributed by atoms with Crippen LogP contribution in [0.15, 0.2) is 12.2 Å². The van der Waals surface area contributed by atoms with Crippen molar-refractivity contribution >= 4 is 11.8 Å². The second-order valence-electron chi connectivity index (χ2n) is 6.24. The fraction of sp³-hybridized carbons (Fsp3) is 0.750. The molecule has 1 unspecified atom stereocenters. The Bertz CT molecular complexity index is 372. The molecule has 0 spiro atoms. The number of allylic oxidation sites excluding steroid dienone is 2. The van der Waals surface area contributed by atoms with Crippen LogP contribution in [-0.4, -0.2) is 16.9 Å². The first-order valence-corrected chi connectivity index (χ1v) is 7.45. The second kappa shape index (κ2) is 6.36. The van der Waals surface area contributed by atoms with Gasteiger partial charge in [0.1, 0.15) is 5.78 Å². The zero-order valence-electron chi connectivity index (χ0n) is 11.7. The molecule has 106 valence electrons. The van der Waals surface area contributed by atoms with Crippen LogP contribution in [-0.2, 0) is 9.59 Å². The van der Waals surface area contributed by atoms with Crippen LogP contribution in [0.5, 0.6) is 0 Å². The Morgan fingerprint density at radius 1 is 1.26 bits per heavy atom. The third-order valence-electron chi connectivity index (χ3n) is 4.84. The van der Waals surface area contributed by atoms with E-state index in [1.807, 2.05) is 12.2 Å². The Morgan fingerprint density at radius 3 is 2.58 bits per heavy atom. The highest BCUT2D eigenvalue weighted by atomic mass is 16.4. The molecule has 2 fully saturated rings. The highest BCUT2D eigenvalue weighted by molar-refractivity contribution is 5.76. The van der Waals surface area contributed by atoms with Crippen LogP contribution in [0, 0.1) is 23.7 Å². The molecule has 2 saturated carbocycles. The number of carboxylic acid groups (broad SMARTS) is 1. The summed E-state index contributed by atoms with van der Waals surface area (Å²) in [4.78, 5) is 22.3. The summed E-state index contributed by atoms with van der Waals surface area (Å²) in [7, 11) is 0. The van der Waals surface area contributed by atoms with E-state index in [9.17, 15) is 14.7 Å². The largest absolute Gasteiger partial charge is 0.481 e. The number of aliphatic carboxylic acids is 1. The average Bonchev–Trinajstić information content (AvgIpc) is 2.94. The quantitative estimate of drug-likeness (QED) is 0.717. The molecule has 0 amide bonds. The number of ketones is 1. The maximum absolute atomic E-state index is 11.5. The SMILES string of the molecule is CC(=O)C/C=C/CCC(C(=O)O)[C@@H]1C[C@H]2CC[C@H]1C2. The summed E-state index contributed by atoms with van der Waals surface area (Å²) >= 11 is 0. The molecular weight excluding hydrogens is 240 g/mol. The number of carbonyl (C=O) groups is 2. The molecule has 0 aromatic carbocycles. The predicted molar refractivity (Wildman–Crippen MR) is 73.7 cm³/mol. The van der Waals surface area contributed by atoms with Crippen molar-refractivity contribution in [1.29, 1.82) is 0 Å². The van der Waals surface area contributed by atoms with Crippen LogP contribution in [0.4, 0.5) is 0 Å². The van der Waals surface area contributed by atoms with E-state index in [1.165, 1.54) is 19.3 Å². The molecule has 1 N–H and O–H groups in total. The van der Waals surface area contributed by atoms with Crippen molar-refractivity contribution in [1.82, 2.24) is 0 Å². The third kappa shape index (κ3) is 3.68. The molecule has 0 aliphatic heterocycles. The highest BCUT2D eigenvalue weighted by Gasteiger charge is 2.44. The topological polar surface area (TPSA) is 54.4 Å². The van der Waals surface area contributed by atoms with Crippen LogP contribution >= 0.6 is 0 Å². The van der Waals surface area contributed by atoms with Gasteiger partial charge in [0.25, 0.3) is 0 Å². The summed E-state index contributed by atoms with van der Waals surface area (Å²) in [6.45, 7) is 1.57. The number of Topliss-reactive ketones (excluding diaryl/α,β-unsaturated/α-hetero) is 1. The summed E-state index contributed by atoms with van der Waals surface area (Å²) < 4.78 is 0. The van der Waals surface area contributed by atoms with Gasteiger partial charge in [0, 0.05) is 6.42 Å². The molecule has 0 saturated heterocycles. The highest BCUT2D eigenvalue weighted by Crippen LogP contribution is 2.51. The molecule has 19 heavy (non-hydrogen) atoms. The standard InChI is InChI=1S/C16H24O3/c1-11(17)5-3-2-4-6-14(16(18)19)15-10-12-7-8-13(15)9-12/h2-3,12-15H,4-10H2,1H3,(H,18,19)/b3-2+/t12-,13-,14?,15+/m0/s1. The predicted octanol–water partition coefficient (Wildman–Crippen LogP) is 3.44. The Morgan fingerprint density at radius 2 is 2.05 bits per heavy atom. The monoisotopic (exact) mass is 264 g/mol. The van der Waals surface area contributed by atoms with E-state index in [-0.39, 0.29) is 11.7 Å². The van der Waals surface area contributed by atoms with Gasteiger partial charge in [-0.25, -0.2) is 0 Å². The minimum absolute atomic E-state index is 0.152. The summed E-state index contributed by atoms with van der Waals surface area (Å²) in [5, 5.41) is 9.43. The van der Waals surface area contributed by atoms with Crippen LogP contribution in [0.1, 0.15) is 51.9 Å². The normalized spacial score (nSPS) is 30.9. The maximum atomic E-state index is 11.5. The number of carbonyl (C=O) groups excluding carboxylic acids is 1. The van der Waals surface area contributed by atoms with E-state index in [2.05, 4.69) is 0 Å². The first-order valence-electron chi connectivity index (χ1n) is 7.45. The molecule has 2 aliphatic carbocycles. The van der Waals surface area contributed by atoms with E-state index in [1.54, 1.807) is 6.92 Å². The van der Waals surface area contributed by atoms with Crippen molar-refractivity contribution in [3.63, 3.8) is 0 Å². The van der Waals surface area contributed by atoms with Gasteiger partial charge in [-0.1, -0.05) is 18.6 Å². The van der Waals surface area contributed by atoms with Crippen molar-refractivity contribution in [2.75, 3.05) is 0 Å². The van der Waals surface area contributed by atoms with Gasteiger partial charge in [0.05, 0.1) is 5.92 Å². The van der Waals surface area contributed by atoms with Gasteiger partial charge in [-0.2, -0.15) is 0 Å². The molecule has 4 atom stereocenters. The fourth-order valence-corrected chi connectivity index (χ4v) is 3.95. The Kier molecular flexibility index (Phi) is 4.78. The zero-order chi connectivity index (χ0) is 13.8. The molecule has 2 bridgehead atoms. The molecule has 0 aromatic heterocycles. The van der Waals surface area contributed by atoms with Crippen LogP contribution in [0.25, 0.3) is 0 Å². The van der Waals surface area contributed by atoms with Gasteiger partial charge in [-0.15, -0.1) is 0 Å². The van der Waals surface area contributed by atoms with Gasteiger partial charge in [0.15, 0.2) is 0 Å². The minimum Gasteiger partial charge on any atom is -0.481 e. The lowest BCUT2D eigenvalue weighted by molar-refractivity contribution is -0.144. The molecule has 2 aliphatic rings. The molecular formula is C16H24O3. The molecule has 0 radical (unpaired) electrons. The van der Waals surface area contributed by atoms with Crippen molar-refractivity contribution in [3.8, 4) is 0 Å². The molecule has 0 heterocycles. The van der Waals surface area contributed by atoms with Crippen molar-refractivity contribution in [2.45, 2.75) is 51.9 Å². The molecule has 3 nitrogen and oxygen atoms in total. The lowest BCUT2D eigenvalue weighted by Crippen LogP contribution is -2.27. The molecule has 2 rings (SSSR count). The molecule has 0 aromatic rings. The Balaban J connectivity index is 1.82. The van der Waals surface area contributed by atoms with Gasteiger partial charge in [-0.3, -0.25) is 9.59 Å². The zero-order valence-corrected chi connectivity index (χ0v) is 11.7. The van der Waals surface area contributed by atoms with E-state index in [0.717, 1.165) is 25.2 Å². The number of hydrogen-bond acceptors (Lipinski definition) is 2. The van der Waals surface area contributed by atoms with Crippen molar-refractivity contribution < 1.29 is 14.7 Å². The van der Waals surface area contributed by atoms with Crippen LogP contribution in [0.3, 0.4) is 0 Å². The van der Waals surface area contributed by atoms with Gasteiger partial charge < -0.3 is 5.11 Å². The number of fused-ring (bicyclic) bond motifs is 2. The van der Waals surface area contributed by atoms with E-state index < -0.39 is 5.97 Å². The van der Waals surface area contributed by atoms with Crippen molar-refractivity contribution in [3.05, 3.63) is 12.2 Å². The number of hydrogen-bond donors (Lipinski definition) is 1. The first kappa shape index (κ1) is 14.3.